The summed E-state index contributed by atoms with van der Waals surface area (Å²) >= 11 is 5.80. The van der Waals surface area contributed by atoms with Gasteiger partial charge in [0.2, 0.25) is 5.95 Å². The molecule has 1 N–H and O–H groups in total. The van der Waals surface area contributed by atoms with Gasteiger partial charge in [-0.3, -0.25) is 0 Å². The van der Waals surface area contributed by atoms with Crippen LogP contribution in [0.25, 0.3) is 0 Å². The van der Waals surface area contributed by atoms with E-state index in [9.17, 15) is 0 Å². The Balaban J connectivity index is 1.99. The molecule has 0 aliphatic heterocycles. The fraction of sp³-hybridized carbons (Fsp3) is 0.182. The standard InChI is InChI=1S/C11H12ClN3/c1-15-7-6-13-11(15)14-8-9-2-4-10(12)5-3-9/h2-7H,8H2,1H3,(H,13,14). The molecule has 0 bridgehead atoms. The molecule has 2 aromatic rings. The van der Waals surface area contributed by atoms with E-state index in [0.717, 1.165) is 17.5 Å². The smallest absolute Gasteiger partial charge is 0.202 e. The van der Waals surface area contributed by atoms with E-state index in [4.69, 9.17) is 11.6 Å². The Hall–Kier alpha value is -1.48. The van der Waals surface area contributed by atoms with Gasteiger partial charge < -0.3 is 9.88 Å². The summed E-state index contributed by atoms with van der Waals surface area (Å²) in [6, 6.07) is 7.77. The number of benzene rings is 1. The average Bonchev–Trinajstić information content (AvgIpc) is 2.63. The van der Waals surface area contributed by atoms with Crippen molar-refractivity contribution in [3.05, 3.63) is 47.2 Å². The second-order valence-electron chi connectivity index (χ2n) is 3.34. The summed E-state index contributed by atoms with van der Waals surface area (Å²) in [4.78, 5) is 4.17. The number of aromatic nitrogens is 2. The molecule has 0 aliphatic carbocycles. The number of hydrogen-bond donors (Lipinski definition) is 1. The first kappa shape index (κ1) is 10.1. The minimum atomic E-state index is 0.752. The van der Waals surface area contributed by atoms with E-state index in [2.05, 4.69) is 10.3 Å². The zero-order valence-corrected chi connectivity index (χ0v) is 9.20. The van der Waals surface area contributed by atoms with Gasteiger partial charge >= 0.3 is 0 Å². The average molecular weight is 222 g/mol. The van der Waals surface area contributed by atoms with Crippen molar-refractivity contribution in [3.63, 3.8) is 0 Å². The SMILES string of the molecule is Cn1ccnc1NCc1ccc(Cl)cc1. The van der Waals surface area contributed by atoms with Crippen LogP contribution in [0.15, 0.2) is 36.7 Å². The topological polar surface area (TPSA) is 29.9 Å². The van der Waals surface area contributed by atoms with Crippen molar-refractivity contribution in [3.8, 4) is 0 Å². The lowest BCUT2D eigenvalue weighted by Crippen LogP contribution is -2.04. The lowest BCUT2D eigenvalue weighted by Gasteiger charge is -2.05. The van der Waals surface area contributed by atoms with Gasteiger partial charge in [-0.1, -0.05) is 23.7 Å². The summed E-state index contributed by atoms with van der Waals surface area (Å²) in [5, 5.41) is 4.00. The highest BCUT2D eigenvalue weighted by atomic mass is 35.5. The molecule has 0 amide bonds. The summed E-state index contributed by atoms with van der Waals surface area (Å²) in [7, 11) is 1.96. The predicted octanol–water partition coefficient (Wildman–Crippen LogP) is 2.69. The van der Waals surface area contributed by atoms with Crippen LogP contribution in [-0.2, 0) is 13.6 Å². The highest BCUT2D eigenvalue weighted by molar-refractivity contribution is 6.30. The van der Waals surface area contributed by atoms with E-state index in [-0.39, 0.29) is 0 Å². The minimum absolute atomic E-state index is 0.752. The van der Waals surface area contributed by atoms with Gasteiger partial charge in [-0.15, -0.1) is 0 Å². The van der Waals surface area contributed by atoms with E-state index in [0.29, 0.717) is 0 Å². The maximum atomic E-state index is 5.80. The molecule has 2 rings (SSSR count). The quantitative estimate of drug-likeness (QED) is 0.864. The van der Waals surface area contributed by atoms with Gasteiger partial charge in [0.15, 0.2) is 0 Å². The maximum absolute atomic E-state index is 5.80. The van der Waals surface area contributed by atoms with Crippen LogP contribution in [0, 0.1) is 0 Å². The number of hydrogen-bond acceptors (Lipinski definition) is 2. The Kier molecular flexibility index (Phi) is 2.92. The largest absolute Gasteiger partial charge is 0.352 e. The van der Waals surface area contributed by atoms with Crippen molar-refractivity contribution in [2.24, 2.45) is 7.05 Å². The second kappa shape index (κ2) is 4.36. The van der Waals surface area contributed by atoms with Crippen LogP contribution < -0.4 is 5.32 Å². The molecule has 3 nitrogen and oxygen atoms in total. The zero-order valence-electron chi connectivity index (χ0n) is 8.44. The molecule has 1 aromatic carbocycles. The van der Waals surface area contributed by atoms with E-state index in [1.165, 1.54) is 5.56 Å². The van der Waals surface area contributed by atoms with Crippen LogP contribution in [0.1, 0.15) is 5.56 Å². The molecule has 0 radical (unpaired) electrons. The zero-order chi connectivity index (χ0) is 10.7. The van der Waals surface area contributed by atoms with Crippen molar-refractivity contribution in [2.75, 3.05) is 5.32 Å². The Labute approximate surface area is 93.7 Å². The summed E-state index contributed by atoms with van der Waals surface area (Å²) < 4.78 is 1.94. The van der Waals surface area contributed by atoms with Crippen LogP contribution in [0.3, 0.4) is 0 Å². The minimum Gasteiger partial charge on any atom is -0.352 e. The number of anilines is 1. The van der Waals surface area contributed by atoms with Gasteiger partial charge in [0.05, 0.1) is 0 Å². The summed E-state index contributed by atoms with van der Waals surface area (Å²) in [6.07, 6.45) is 3.67. The molecule has 1 heterocycles. The number of imidazole rings is 1. The highest BCUT2D eigenvalue weighted by Crippen LogP contribution is 2.11. The first-order valence-corrected chi connectivity index (χ1v) is 5.09. The molecule has 4 heteroatoms. The third kappa shape index (κ3) is 2.50. The van der Waals surface area contributed by atoms with E-state index < -0.39 is 0 Å². The second-order valence-corrected chi connectivity index (χ2v) is 3.78. The Morgan fingerprint density at radius 1 is 1.33 bits per heavy atom. The first-order valence-electron chi connectivity index (χ1n) is 4.71. The van der Waals surface area contributed by atoms with Gasteiger partial charge in [-0.05, 0) is 17.7 Å². The fourth-order valence-electron chi connectivity index (χ4n) is 1.32. The molecular formula is C11H12ClN3. The molecule has 15 heavy (non-hydrogen) atoms. The van der Waals surface area contributed by atoms with Crippen LogP contribution in [-0.4, -0.2) is 9.55 Å². The van der Waals surface area contributed by atoms with E-state index >= 15 is 0 Å². The number of halogens is 1. The molecule has 0 aliphatic rings. The third-order valence-electron chi connectivity index (χ3n) is 2.19. The number of rotatable bonds is 3. The Bertz CT molecular complexity index is 433. The monoisotopic (exact) mass is 221 g/mol. The molecule has 0 saturated heterocycles. The van der Waals surface area contributed by atoms with Crippen LogP contribution in [0.2, 0.25) is 5.02 Å². The fourth-order valence-corrected chi connectivity index (χ4v) is 1.45. The summed E-state index contributed by atoms with van der Waals surface area (Å²) in [5.74, 6) is 0.866. The summed E-state index contributed by atoms with van der Waals surface area (Å²) in [5.41, 5.74) is 1.18. The summed E-state index contributed by atoms with van der Waals surface area (Å²) in [6.45, 7) is 0.752. The molecular weight excluding hydrogens is 210 g/mol. The van der Waals surface area contributed by atoms with Crippen molar-refractivity contribution >= 4 is 17.5 Å². The third-order valence-corrected chi connectivity index (χ3v) is 2.44. The molecule has 0 spiro atoms. The number of nitrogens with zero attached hydrogens (tertiary/aromatic N) is 2. The number of aryl methyl sites for hydroxylation is 1. The van der Waals surface area contributed by atoms with E-state index in [1.54, 1.807) is 6.20 Å². The molecule has 1 aromatic heterocycles. The van der Waals surface area contributed by atoms with Crippen LogP contribution >= 0.6 is 11.6 Å². The molecule has 78 valence electrons. The van der Waals surface area contributed by atoms with Crippen molar-refractivity contribution in [1.29, 1.82) is 0 Å². The Morgan fingerprint density at radius 2 is 2.07 bits per heavy atom. The molecule has 0 fully saturated rings. The predicted molar refractivity (Wildman–Crippen MR) is 62.0 cm³/mol. The normalized spacial score (nSPS) is 10.3. The maximum Gasteiger partial charge on any atom is 0.202 e. The lowest BCUT2D eigenvalue weighted by molar-refractivity contribution is 0.900. The van der Waals surface area contributed by atoms with Gasteiger partial charge in [0.1, 0.15) is 0 Å². The molecule has 0 unspecified atom stereocenters. The van der Waals surface area contributed by atoms with Crippen molar-refractivity contribution in [2.45, 2.75) is 6.54 Å². The highest BCUT2D eigenvalue weighted by Gasteiger charge is 1.98. The number of nitrogens with one attached hydrogen (secondary N) is 1. The van der Waals surface area contributed by atoms with Gasteiger partial charge in [-0.25, -0.2) is 4.98 Å². The van der Waals surface area contributed by atoms with Crippen LogP contribution in [0.4, 0.5) is 5.95 Å². The van der Waals surface area contributed by atoms with Gasteiger partial charge in [0.25, 0.3) is 0 Å². The van der Waals surface area contributed by atoms with E-state index in [1.807, 2.05) is 42.1 Å². The van der Waals surface area contributed by atoms with Gasteiger partial charge in [0, 0.05) is 31.0 Å². The van der Waals surface area contributed by atoms with Gasteiger partial charge in [-0.2, -0.15) is 0 Å². The van der Waals surface area contributed by atoms with Crippen LogP contribution in [0.5, 0.6) is 0 Å². The lowest BCUT2D eigenvalue weighted by atomic mass is 10.2. The first-order chi connectivity index (χ1) is 7.25. The Morgan fingerprint density at radius 3 is 2.67 bits per heavy atom. The molecule has 0 saturated carbocycles. The van der Waals surface area contributed by atoms with Crippen molar-refractivity contribution in [1.82, 2.24) is 9.55 Å². The van der Waals surface area contributed by atoms with Crippen molar-refractivity contribution < 1.29 is 0 Å². The molecule has 0 atom stereocenters.